The van der Waals surface area contributed by atoms with Gasteiger partial charge < -0.3 is 5.73 Å². The molecule has 2 amide bonds. The largest absolute Gasteiger partial charge is 0.398 e. The summed E-state index contributed by atoms with van der Waals surface area (Å²) in [5.74, 6) is -0.224. The maximum absolute atomic E-state index is 12.3. The molecule has 20 heavy (non-hydrogen) atoms. The molecule has 0 bridgehead atoms. The highest BCUT2D eigenvalue weighted by molar-refractivity contribution is 8.00. The summed E-state index contributed by atoms with van der Waals surface area (Å²) in [6, 6.07) is 5.11. The van der Waals surface area contributed by atoms with Crippen molar-refractivity contribution in [3.8, 4) is 0 Å². The Kier molecular flexibility index (Phi) is 4.60. The van der Waals surface area contributed by atoms with E-state index in [1.54, 1.807) is 18.2 Å². The number of nitrogen functional groups attached to an aromatic ring is 1. The van der Waals surface area contributed by atoms with Crippen molar-refractivity contribution in [2.45, 2.75) is 42.9 Å². The fourth-order valence-electron chi connectivity index (χ4n) is 2.14. The van der Waals surface area contributed by atoms with Crippen LogP contribution in [0, 0.1) is 0 Å². The van der Waals surface area contributed by atoms with E-state index < -0.39 is 0 Å². The van der Waals surface area contributed by atoms with Crippen molar-refractivity contribution in [1.29, 1.82) is 0 Å². The van der Waals surface area contributed by atoms with Gasteiger partial charge in [-0.1, -0.05) is 18.5 Å². The van der Waals surface area contributed by atoms with E-state index in [1.165, 1.54) is 16.7 Å². The number of rotatable bonds is 4. The second-order valence-electron chi connectivity index (χ2n) is 4.85. The molecule has 2 unspecified atom stereocenters. The number of amides is 2. The standard InChI is InChI=1S/C14H17ClN2O2S/c1-3-8(2)17-13(18)7-12(14(17)19)20-11-5-4-9(15)6-10(11)16/h4-6,8,12H,3,7,16H2,1-2H3. The van der Waals surface area contributed by atoms with E-state index in [-0.39, 0.29) is 29.5 Å². The molecule has 1 aromatic carbocycles. The number of imide groups is 1. The van der Waals surface area contributed by atoms with Crippen molar-refractivity contribution in [1.82, 2.24) is 4.90 Å². The molecule has 1 heterocycles. The number of nitrogens with zero attached hydrogens (tertiary/aromatic N) is 1. The lowest BCUT2D eigenvalue weighted by Crippen LogP contribution is -2.38. The van der Waals surface area contributed by atoms with Crippen LogP contribution in [0.3, 0.4) is 0 Å². The van der Waals surface area contributed by atoms with Crippen LogP contribution in [0.4, 0.5) is 5.69 Å². The van der Waals surface area contributed by atoms with Gasteiger partial charge in [-0.3, -0.25) is 14.5 Å². The van der Waals surface area contributed by atoms with Crippen molar-refractivity contribution in [2.75, 3.05) is 5.73 Å². The summed E-state index contributed by atoms with van der Waals surface area (Å²) in [5, 5.41) is 0.168. The minimum atomic E-state index is -0.389. The highest BCUT2D eigenvalue weighted by atomic mass is 35.5. The van der Waals surface area contributed by atoms with Crippen LogP contribution < -0.4 is 5.73 Å². The molecule has 2 rings (SSSR count). The zero-order chi connectivity index (χ0) is 14.9. The molecule has 108 valence electrons. The molecule has 0 aliphatic carbocycles. The predicted molar refractivity (Wildman–Crippen MR) is 81.7 cm³/mol. The summed E-state index contributed by atoms with van der Waals surface area (Å²) in [7, 11) is 0. The summed E-state index contributed by atoms with van der Waals surface area (Å²) in [5.41, 5.74) is 6.42. The van der Waals surface area contributed by atoms with Gasteiger partial charge in [-0.25, -0.2) is 0 Å². The first-order valence-corrected chi connectivity index (χ1v) is 7.77. The first-order chi connectivity index (χ1) is 9.43. The molecule has 1 aromatic rings. The Labute approximate surface area is 127 Å². The topological polar surface area (TPSA) is 63.4 Å². The first kappa shape index (κ1) is 15.2. The smallest absolute Gasteiger partial charge is 0.243 e. The molecule has 4 nitrogen and oxygen atoms in total. The van der Waals surface area contributed by atoms with Crippen LogP contribution in [0.15, 0.2) is 23.1 Å². The fourth-order valence-corrected chi connectivity index (χ4v) is 3.41. The molecule has 1 fully saturated rings. The Hall–Kier alpha value is -1.20. The van der Waals surface area contributed by atoms with Crippen molar-refractivity contribution < 1.29 is 9.59 Å². The van der Waals surface area contributed by atoms with Crippen LogP contribution in [0.1, 0.15) is 26.7 Å². The molecular formula is C14H17ClN2O2S. The van der Waals surface area contributed by atoms with Crippen molar-refractivity contribution >= 4 is 40.9 Å². The lowest BCUT2D eigenvalue weighted by molar-refractivity contribution is -0.140. The van der Waals surface area contributed by atoms with E-state index in [9.17, 15) is 9.59 Å². The zero-order valence-electron chi connectivity index (χ0n) is 11.4. The lowest BCUT2D eigenvalue weighted by atomic mass is 10.2. The van der Waals surface area contributed by atoms with E-state index in [0.717, 1.165) is 11.3 Å². The summed E-state index contributed by atoms with van der Waals surface area (Å²) in [4.78, 5) is 26.4. The quantitative estimate of drug-likeness (QED) is 0.686. The van der Waals surface area contributed by atoms with Gasteiger partial charge in [0.15, 0.2) is 0 Å². The maximum atomic E-state index is 12.3. The van der Waals surface area contributed by atoms with Crippen LogP contribution in [-0.2, 0) is 9.59 Å². The molecule has 6 heteroatoms. The van der Waals surface area contributed by atoms with E-state index in [0.29, 0.717) is 10.7 Å². The lowest BCUT2D eigenvalue weighted by Gasteiger charge is -2.21. The Balaban J connectivity index is 2.15. The van der Waals surface area contributed by atoms with Crippen molar-refractivity contribution in [2.24, 2.45) is 0 Å². The third-order valence-electron chi connectivity index (χ3n) is 3.41. The van der Waals surface area contributed by atoms with Gasteiger partial charge in [-0.2, -0.15) is 0 Å². The minimum absolute atomic E-state index is 0.0526. The molecule has 0 aromatic heterocycles. The minimum Gasteiger partial charge on any atom is -0.398 e. The number of carbonyl (C=O) groups is 2. The average molecular weight is 313 g/mol. The van der Waals surface area contributed by atoms with Gasteiger partial charge in [0.1, 0.15) is 0 Å². The molecule has 1 saturated heterocycles. The average Bonchev–Trinajstić information content (AvgIpc) is 2.67. The number of hydrogen-bond acceptors (Lipinski definition) is 4. The third-order valence-corrected chi connectivity index (χ3v) is 4.93. The van der Waals surface area contributed by atoms with E-state index in [4.69, 9.17) is 17.3 Å². The highest BCUT2D eigenvalue weighted by Crippen LogP contribution is 2.36. The van der Waals surface area contributed by atoms with Crippen LogP contribution in [-0.4, -0.2) is 28.0 Å². The summed E-state index contributed by atoms with van der Waals surface area (Å²) >= 11 is 7.18. The maximum Gasteiger partial charge on any atom is 0.243 e. The van der Waals surface area contributed by atoms with Gasteiger partial charge in [0.25, 0.3) is 0 Å². The van der Waals surface area contributed by atoms with Gasteiger partial charge in [-0.05, 0) is 31.5 Å². The van der Waals surface area contributed by atoms with E-state index >= 15 is 0 Å². The zero-order valence-corrected chi connectivity index (χ0v) is 13.0. The number of thioether (sulfide) groups is 1. The van der Waals surface area contributed by atoms with Crippen molar-refractivity contribution in [3.63, 3.8) is 0 Å². The Bertz CT molecular complexity index is 550. The predicted octanol–water partition coefficient (Wildman–Crippen LogP) is 2.94. The Morgan fingerprint density at radius 3 is 2.80 bits per heavy atom. The first-order valence-electron chi connectivity index (χ1n) is 6.51. The second kappa shape index (κ2) is 6.06. The third kappa shape index (κ3) is 2.94. The number of likely N-dealkylation sites (tertiary alicyclic amines) is 1. The molecule has 1 aliphatic rings. The molecule has 0 saturated carbocycles. The van der Waals surface area contributed by atoms with Gasteiger partial charge in [0.05, 0.1) is 5.25 Å². The number of carbonyl (C=O) groups excluding carboxylic acids is 2. The van der Waals surface area contributed by atoms with Crippen LogP contribution >= 0.6 is 23.4 Å². The summed E-state index contributed by atoms with van der Waals surface area (Å²) in [6.07, 6.45) is 0.994. The summed E-state index contributed by atoms with van der Waals surface area (Å²) < 4.78 is 0. The fraction of sp³-hybridized carbons (Fsp3) is 0.429. The van der Waals surface area contributed by atoms with Gasteiger partial charge in [-0.15, -0.1) is 11.8 Å². The van der Waals surface area contributed by atoms with Gasteiger partial charge >= 0.3 is 0 Å². The van der Waals surface area contributed by atoms with Crippen LogP contribution in [0.5, 0.6) is 0 Å². The SMILES string of the molecule is CCC(C)N1C(=O)CC(Sc2ccc(Cl)cc2N)C1=O. The molecule has 2 N–H and O–H groups in total. The number of benzene rings is 1. The number of halogens is 1. The van der Waals surface area contributed by atoms with E-state index in [1.807, 2.05) is 13.8 Å². The molecular weight excluding hydrogens is 296 g/mol. The molecule has 2 atom stereocenters. The molecule has 0 radical (unpaired) electrons. The van der Waals surface area contributed by atoms with Gasteiger partial charge in [0, 0.05) is 28.1 Å². The monoisotopic (exact) mass is 312 g/mol. The van der Waals surface area contributed by atoms with E-state index in [2.05, 4.69) is 0 Å². The van der Waals surface area contributed by atoms with Crippen molar-refractivity contribution in [3.05, 3.63) is 23.2 Å². The van der Waals surface area contributed by atoms with Gasteiger partial charge in [0.2, 0.25) is 11.8 Å². The van der Waals surface area contributed by atoms with Crippen LogP contribution in [0.2, 0.25) is 5.02 Å². The highest BCUT2D eigenvalue weighted by Gasteiger charge is 2.41. The summed E-state index contributed by atoms with van der Waals surface area (Å²) in [6.45, 7) is 3.85. The molecule has 0 spiro atoms. The number of hydrogen-bond donors (Lipinski definition) is 1. The second-order valence-corrected chi connectivity index (χ2v) is 6.53. The normalized spacial score (nSPS) is 20.6. The number of anilines is 1. The molecule has 1 aliphatic heterocycles. The van der Waals surface area contributed by atoms with Crippen LogP contribution in [0.25, 0.3) is 0 Å². The Morgan fingerprint density at radius 2 is 2.20 bits per heavy atom. The Morgan fingerprint density at radius 1 is 1.50 bits per heavy atom. The number of nitrogens with two attached hydrogens (primary N) is 1.